The predicted octanol–water partition coefficient (Wildman–Crippen LogP) is 16.3. The fourth-order valence-electron chi connectivity index (χ4n) is 8.36. The van der Waals surface area contributed by atoms with Crippen molar-refractivity contribution in [2.45, 2.75) is 101 Å². The van der Waals surface area contributed by atoms with Gasteiger partial charge in [0.05, 0.1) is 15.3 Å². The van der Waals surface area contributed by atoms with E-state index in [9.17, 15) is 0 Å². The van der Waals surface area contributed by atoms with Gasteiger partial charge in [-0.05, 0) is 100.0 Å². The first-order valence-electron chi connectivity index (χ1n) is 22.1. The van der Waals surface area contributed by atoms with Crippen LogP contribution in [0.25, 0.3) is 76.9 Å². The van der Waals surface area contributed by atoms with E-state index in [-0.39, 0.29) is 30.9 Å². The van der Waals surface area contributed by atoms with Gasteiger partial charge >= 0.3 is 0 Å². The molecule has 0 fully saturated rings. The molecule has 0 spiro atoms. The second-order valence-electron chi connectivity index (χ2n) is 20.6. The normalized spacial score (nSPS) is 12.1. The Morgan fingerprint density at radius 1 is 0.656 bits per heavy atom. The van der Waals surface area contributed by atoms with E-state index in [0.29, 0.717) is 5.41 Å². The van der Waals surface area contributed by atoms with E-state index in [2.05, 4.69) is 197 Å². The number of furan rings is 1. The Hall–Kier alpha value is -5.26. The maximum Gasteiger partial charge on any atom is 0.148 e. The van der Waals surface area contributed by atoms with Gasteiger partial charge in [-0.2, -0.15) is 0 Å². The number of hydrogen-bond donors (Lipinski definition) is 0. The van der Waals surface area contributed by atoms with Crippen molar-refractivity contribution in [3.63, 3.8) is 0 Å². The molecule has 0 unspecified atom stereocenters. The summed E-state index contributed by atoms with van der Waals surface area (Å²) < 4.78 is 7.80. The van der Waals surface area contributed by atoms with Gasteiger partial charge < -0.3 is 14.4 Å². The van der Waals surface area contributed by atoms with Crippen LogP contribution in [-0.4, -0.2) is 15.0 Å². The number of benzene rings is 5. The minimum absolute atomic E-state index is 0. The predicted molar refractivity (Wildman–Crippen MR) is 268 cm³/mol. The average Bonchev–Trinajstić information content (AvgIpc) is 3.84. The second kappa shape index (κ2) is 18.3. The number of thiazole rings is 1. The molecule has 9 rings (SSSR count). The van der Waals surface area contributed by atoms with Gasteiger partial charge in [0.15, 0.2) is 0 Å². The molecular formula is C58H59IrN3OS-2. The van der Waals surface area contributed by atoms with E-state index < -0.39 is 0 Å². The van der Waals surface area contributed by atoms with Crippen molar-refractivity contribution in [2.24, 2.45) is 10.8 Å². The Morgan fingerprint density at radius 3 is 2.02 bits per heavy atom. The molecule has 9 aromatic rings. The number of aromatic nitrogens is 3. The van der Waals surface area contributed by atoms with Crippen LogP contribution in [0.2, 0.25) is 0 Å². The average molecular weight is 1040 g/mol. The SMILES string of the molecule is Cc1c[c-]c(-c2cc(-c3ccc(CC(C)(C)C)cc3)ccn2)cc1.Cc1cccc(C)c1-c1cnc(-c2[c-]ccc3c2oc2c3ccc3sc(C(C)(C)C)nc32)cc1CC(C)(C)C.[Ir]. The molecule has 64 heavy (non-hydrogen) atoms. The summed E-state index contributed by atoms with van der Waals surface area (Å²) in [4.78, 5) is 14.5. The van der Waals surface area contributed by atoms with E-state index >= 15 is 0 Å². The van der Waals surface area contributed by atoms with Crippen molar-refractivity contribution >= 4 is 43.5 Å². The van der Waals surface area contributed by atoms with Crippen LogP contribution in [0.4, 0.5) is 0 Å². The van der Waals surface area contributed by atoms with Crippen LogP contribution < -0.4 is 0 Å². The van der Waals surface area contributed by atoms with E-state index in [1.165, 1.54) is 50.1 Å². The molecule has 6 heteroatoms. The molecule has 0 atom stereocenters. The molecule has 0 aliphatic heterocycles. The topological polar surface area (TPSA) is 51.8 Å². The Labute approximate surface area is 398 Å². The monoisotopic (exact) mass is 1040 g/mol. The molecule has 0 amide bonds. The van der Waals surface area contributed by atoms with Crippen molar-refractivity contribution in [2.75, 3.05) is 0 Å². The molecule has 5 aromatic carbocycles. The van der Waals surface area contributed by atoms with Crippen molar-refractivity contribution in [3.05, 3.63) is 160 Å². The summed E-state index contributed by atoms with van der Waals surface area (Å²) in [5, 5.41) is 3.28. The van der Waals surface area contributed by atoms with Crippen LogP contribution in [0.1, 0.15) is 95.1 Å². The zero-order valence-corrected chi connectivity index (χ0v) is 42.6. The number of aryl methyl sites for hydroxylation is 3. The third-order valence-electron chi connectivity index (χ3n) is 11.3. The standard InChI is InChI=1S/C35H35N2OS.C23H24N.Ir/c1-20-11-9-12-21(2)29(20)26-19-36-27(17-22(26)18-34(3,4)5)25-14-10-13-23-24-15-16-28-30(32(24)38-31(23)25)37-33(39-28)35(6,7)8;1-17-5-9-20(10-6-17)22-15-21(13-14-24-22)19-11-7-18(8-12-19)16-23(2,3)4;/h9-13,15-17,19H,18H2,1-8H3;5-9,11-15H,16H2,1-4H3;/q2*-1;. The van der Waals surface area contributed by atoms with Crippen LogP contribution in [0.5, 0.6) is 0 Å². The van der Waals surface area contributed by atoms with Crippen LogP contribution in [0.3, 0.4) is 0 Å². The second-order valence-corrected chi connectivity index (χ2v) is 21.7. The summed E-state index contributed by atoms with van der Waals surface area (Å²) in [5.41, 5.74) is 18.1. The van der Waals surface area contributed by atoms with Gasteiger partial charge in [0.25, 0.3) is 0 Å². The minimum Gasteiger partial charge on any atom is -0.498 e. The number of rotatable bonds is 6. The van der Waals surface area contributed by atoms with E-state index in [1.807, 2.05) is 18.3 Å². The van der Waals surface area contributed by atoms with Crippen molar-refractivity contribution in [1.29, 1.82) is 0 Å². The minimum atomic E-state index is -0.00839. The van der Waals surface area contributed by atoms with Crippen LogP contribution in [-0.2, 0) is 38.4 Å². The number of pyridine rings is 2. The zero-order chi connectivity index (χ0) is 44.8. The molecule has 4 heterocycles. The molecule has 1 radical (unpaired) electrons. The molecular weight excluding hydrogens is 979 g/mol. The number of hydrogen-bond acceptors (Lipinski definition) is 5. The molecule has 329 valence electrons. The summed E-state index contributed by atoms with van der Waals surface area (Å²) >= 11 is 1.75. The van der Waals surface area contributed by atoms with Gasteiger partial charge in [0.2, 0.25) is 0 Å². The largest absolute Gasteiger partial charge is 0.498 e. The van der Waals surface area contributed by atoms with E-state index in [0.717, 1.165) is 72.5 Å². The van der Waals surface area contributed by atoms with Crippen molar-refractivity contribution in [3.8, 4) is 44.8 Å². The van der Waals surface area contributed by atoms with E-state index in [1.54, 1.807) is 11.3 Å². The zero-order valence-electron chi connectivity index (χ0n) is 39.4. The molecule has 0 saturated heterocycles. The molecule has 4 nitrogen and oxygen atoms in total. The molecule has 0 saturated carbocycles. The summed E-state index contributed by atoms with van der Waals surface area (Å²) in [6.45, 7) is 26.7. The molecule has 0 aliphatic carbocycles. The fourth-order valence-corrected chi connectivity index (χ4v) is 9.39. The Morgan fingerprint density at radius 2 is 1.36 bits per heavy atom. The molecule has 4 aromatic heterocycles. The summed E-state index contributed by atoms with van der Waals surface area (Å²) in [5.74, 6) is 0. The quantitative estimate of drug-likeness (QED) is 0.156. The summed E-state index contributed by atoms with van der Waals surface area (Å²) in [6, 6.07) is 43.2. The first kappa shape index (κ1) is 46.7. The van der Waals surface area contributed by atoms with Gasteiger partial charge in [-0.15, -0.1) is 64.9 Å². The summed E-state index contributed by atoms with van der Waals surface area (Å²) in [7, 11) is 0. The molecule has 0 N–H and O–H groups in total. The van der Waals surface area contributed by atoms with Crippen molar-refractivity contribution in [1.82, 2.24) is 15.0 Å². The molecule has 0 aliphatic rings. The number of nitrogens with zero attached hydrogens (tertiary/aromatic N) is 3. The van der Waals surface area contributed by atoms with E-state index in [4.69, 9.17) is 14.4 Å². The first-order valence-corrected chi connectivity index (χ1v) is 22.9. The Balaban J connectivity index is 0.000000211. The summed E-state index contributed by atoms with van der Waals surface area (Å²) in [6.07, 6.45) is 5.96. The van der Waals surface area contributed by atoms with Gasteiger partial charge in [0, 0.05) is 48.9 Å². The van der Waals surface area contributed by atoms with Crippen LogP contribution in [0.15, 0.2) is 120 Å². The third kappa shape index (κ3) is 10.3. The Bertz CT molecular complexity index is 3060. The maximum atomic E-state index is 6.64. The van der Waals surface area contributed by atoms with Crippen LogP contribution in [0, 0.1) is 43.7 Å². The fraction of sp³-hybridized carbons (Fsp3) is 0.293. The van der Waals surface area contributed by atoms with Gasteiger partial charge in [-0.1, -0.05) is 141 Å². The Kier molecular flexibility index (Phi) is 13.4. The first-order chi connectivity index (χ1) is 29.8. The number of fused-ring (bicyclic) bond motifs is 5. The maximum absolute atomic E-state index is 6.64. The van der Waals surface area contributed by atoms with Gasteiger partial charge in [-0.3, -0.25) is 0 Å². The van der Waals surface area contributed by atoms with Gasteiger partial charge in [0.1, 0.15) is 11.1 Å². The third-order valence-corrected chi connectivity index (χ3v) is 12.8. The van der Waals surface area contributed by atoms with Crippen LogP contribution >= 0.6 is 11.3 Å². The molecule has 0 bridgehead atoms. The smallest absolute Gasteiger partial charge is 0.148 e. The van der Waals surface area contributed by atoms with Gasteiger partial charge in [-0.25, -0.2) is 4.98 Å². The van der Waals surface area contributed by atoms with Crippen molar-refractivity contribution < 1.29 is 24.5 Å².